The summed E-state index contributed by atoms with van der Waals surface area (Å²) in [7, 11) is 0. The Balaban J connectivity index is 0.000000162. The van der Waals surface area contributed by atoms with Gasteiger partial charge in [0, 0.05) is 47.9 Å². The lowest BCUT2D eigenvalue weighted by atomic mass is 9.89. The summed E-state index contributed by atoms with van der Waals surface area (Å²) in [5.74, 6) is 0.0906. The second-order valence-electron chi connectivity index (χ2n) is 9.72. The highest BCUT2D eigenvalue weighted by Gasteiger charge is 2.21. The normalized spacial score (nSPS) is 15.9. The summed E-state index contributed by atoms with van der Waals surface area (Å²) in [4.78, 5) is 20.0. The molecule has 0 radical (unpaired) electrons. The van der Waals surface area contributed by atoms with Gasteiger partial charge in [0.2, 0.25) is 5.91 Å². The van der Waals surface area contributed by atoms with Crippen molar-refractivity contribution >= 4 is 11.6 Å². The van der Waals surface area contributed by atoms with Gasteiger partial charge in [-0.25, -0.2) is 0 Å². The summed E-state index contributed by atoms with van der Waals surface area (Å²) in [6.45, 7) is 15.0. The Morgan fingerprint density at radius 1 is 0.786 bits per heavy atom. The van der Waals surface area contributed by atoms with Gasteiger partial charge in [0.05, 0.1) is 11.9 Å². The topological polar surface area (TPSA) is 66.9 Å². The van der Waals surface area contributed by atoms with E-state index in [1.54, 1.807) is 6.20 Å². The van der Waals surface area contributed by atoms with E-state index < -0.39 is 0 Å². The lowest BCUT2D eigenvalue weighted by Crippen LogP contribution is -2.21. The molecule has 0 atom stereocenters. The molecule has 4 rings (SSSR count). The van der Waals surface area contributed by atoms with Crippen LogP contribution in [0.5, 0.6) is 0 Å². The molecule has 0 fully saturated rings. The van der Waals surface area contributed by atoms with E-state index in [2.05, 4.69) is 74.3 Å². The van der Waals surface area contributed by atoms with Crippen LogP contribution in [0.1, 0.15) is 76.0 Å². The highest BCUT2D eigenvalue weighted by atomic mass is 16.1. The van der Waals surface area contributed by atoms with Gasteiger partial charge in [-0.15, -0.1) is 0 Å². The molecule has 0 unspecified atom stereocenters. The van der Waals surface area contributed by atoms with E-state index in [4.69, 9.17) is 0 Å². The molecule has 1 amide bonds. The van der Waals surface area contributed by atoms with Crippen molar-refractivity contribution in [2.75, 3.05) is 5.32 Å². The second kappa shape index (κ2) is 7.63. The molecule has 28 heavy (non-hydrogen) atoms. The predicted octanol–water partition coefficient (Wildman–Crippen LogP) is 4.25. The largest absolute Gasteiger partial charge is 0.324 e. The third kappa shape index (κ3) is 4.76. The van der Waals surface area contributed by atoms with Crippen LogP contribution in [0.2, 0.25) is 0 Å². The molecule has 5 nitrogen and oxygen atoms in total. The molecule has 0 aromatic carbocycles. The summed E-state index contributed by atoms with van der Waals surface area (Å²) >= 11 is 0. The number of nitrogens with one attached hydrogen (secondary N) is 2. The van der Waals surface area contributed by atoms with Gasteiger partial charge in [0.15, 0.2) is 0 Å². The van der Waals surface area contributed by atoms with Crippen molar-refractivity contribution in [2.45, 2.75) is 78.3 Å². The van der Waals surface area contributed by atoms with Crippen molar-refractivity contribution < 1.29 is 4.79 Å². The molecule has 0 saturated heterocycles. The van der Waals surface area contributed by atoms with Gasteiger partial charge in [-0.3, -0.25) is 14.8 Å². The smallest absolute Gasteiger partial charge is 0.224 e. The van der Waals surface area contributed by atoms with E-state index in [0.29, 0.717) is 6.42 Å². The number of rotatable bonds is 0. The number of carbonyl (C=O) groups excluding carboxylic acids is 1. The third-order valence-corrected chi connectivity index (χ3v) is 5.14. The van der Waals surface area contributed by atoms with E-state index >= 15 is 0 Å². The number of nitrogens with zero attached hydrogens (tertiary/aromatic N) is 2. The summed E-state index contributed by atoms with van der Waals surface area (Å²) < 4.78 is 0. The molecular formula is C23H32N4O. The van der Waals surface area contributed by atoms with Crippen LogP contribution in [0.25, 0.3) is 0 Å². The first-order chi connectivity index (χ1) is 13.0. The number of amides is 1. The van der Waals surface area contributed by atoms with Crippen molar-refractivity contribution in [1.82, 2.24) is 15.3 Å². The average Bonchev–Trinajstić information content (AvgIpc) is 3.08. The number of hydrogen-bond acceptors (Lipinski definition) is 4. The molecule has 2 aromatic heterocycles. The summed E-state index contributed by atoms with van der Waals surface area (Å²) in [5.41, 5.74) is 7.35. The first kappa shape index (κ1) is 20.5. The van der Waals surface area contributed by atoms with Crippen LogP contribution >= 0.6 is 0 Å². The zero-order chi connectivity index (χ0) is 20.5. The minimum absolute atomic E-state index is 0.0660. The molecule has 0 spiro atoms. The number of carbonyl (C=O) groups is 1. The Labute approximate surface area is 168 Å². The molecule has 2 aromatic rings. The van der Waals surface area contributed by atoms with Gasteiger partial charge in [-0.05, 0) is 35.2 Å². The van der Waals surface area contributed by atoms with Gasteiger partial charge in [-0.1, -0.05) is 41.5 Å². The Hall–Kier alpha value is -2.27. The predicted molar refractivity (Wildman–Crippen MR) is 113 cm³/mol. The molecule has 2 aliphatic rings. The van der Waals surface area contributed by atoms with E-state index in [0.717, 1.165) is 30.9 Å². The molecule has 2 aliphatic heterocycles. The summed E-state index contributed by atoms with van der Waals surface area (Å²) in [6, 6.07) is 4.34. The molecule has 4 heterocycles. The highest BCUT2D eigenvalue weighted by molar-refractivity contribution is 5.93. The quantitative estimate of drug-likeness (QED) is 0.717. The first-order valence-corrected chi connectivity index (χ1v) is 10.0. The van der Waals surface area contributed by atoms with Crippen LogP contribution in [0.3, 0.4) is 0 Å². The Morgan fingerprint density at radius 3 is 2.00 bits per heavy atom. The second-order valence-corrected chi connectivity index (χ2v) is 9.72. The summed E-state index contributed by atoms with van der Waals surface area (Å²) in [6.07, 6.45) is 5.19. The number of aromatic nitrogens is 2. The third-order valence-electron chi connectivity index (χ3n) is 5.14. The fourth-order valence-electron chi connectivity index (χ4n) is 3.28. The van der Waals surface area contributed by atoms with E-state index in [1.807, 2.05) is 6.20 Å². The number of aryl methyl sites for hydroxylation is 1. The van der Waals surface area contributed by atoms with E-state index in [-0.39, 0.29) is 16.7 Å². The molecule has 0 aliphatic carbocycles. The van der Waals surface area contributed by atoms with Crippen LogP contribution < -0.4 is 10.6 Å². The van der Waals surface area contributed by atoms with Crippen LogP contribution in [0.15, 0.2) is 24.5 Å². The Bertz CT molecular complexity index is 875. The van der Waals surface area contributed by atoms with Crippen molar-refractivity contribution in [3.8, 4) is 0 Å². The van der Waals surface area contributed by atoms with Crippen molar-refractivity contribution in [2.24, 2.45) is 0 Å². The number of hydrogen-bond donors (Lipinski definition) is 2. The molecule has 5 heteroatoms. The minimum atomic E-state index is 0.0660. The monoisotopic (exact) mass is 380 g/mol. The van der Waals surface area contributed by atoms with Crippen LogP contribution in [-0.4, -0.2) is 15.9 Å². The standard InChI is InChI=1S/C12H16N2O.C11H16N2/c1-12(2,3)10-6-8-4-5-11(15)14-9(8)7-13-10;1-11(2,3)10-4-8-5-12-6-9(8)7-13-10/h6-7H,4-5H2,1-3H3,(H,14,15);4,7,12H,5-6H2,1-3H3. The Kier molecular flexibility index (Phi) is 5.57. The average molecular weight is 381 g/mol. The van der Waals surface area contributed by atoms with Gasteiger partial charge < -0.3 is 10.6 Å². The molecule has 2 N–H and O–H groups in total. The minimum Gasteiger partial charge on any atom is -0.324 e. The zero-order valence-corrected chi connectivity index (χ0v) is 17.9. The number of anilines is 1. The lowest BCUT2D eigenvalue weighted by molar-refractivity contribution is -0.116. The zero-order valence-electron chi connectivity index (χ0n) is 17.9. The molecular weight excluding hydrogens is 348 g/mol. The van der Waals surface area contributed by atoms with Crippen molar-refractivity contribution in [3.05, 3.63) is 52.6 Å². The van der Waals surface area contributed by atoms with E-state index in [1.165, 1.54) is 22.4 Å². The first-order valence-electron chi connectivity index (χ1n) is 10.0. The SMILES string of the molecule is CC(C)(C)c1cc2c(cn1)CNC2.CC(C)(C)c1cc2c(cn1)NC(=O)CC2. The number of fused-ring (bicyclic) bond motifs is 2. The van der Waals surface area contributed by atoms with Gasteiger partial charge >= 0.3 is 0 Å². The maximum absolute atomic E-state index is 11.2. The van der Waals surface area contributed by atoms with Crippen molar-refractivity contribution in [3.63, 3.8) is 0 Å². The van der Waals surface area contributed by atoms with Gasteiger partial charge in [0.25, 0.3) is 0 Å². The van der Waals surface area contributed by atoms with E-state index in [9.17, 15) is 4.79 Å². The van der Waals surface area contributed by atoms with Crippen LogP contribution in [0, 0.1) is 0 Å². The van der Waals surface area contributed by atoms with Gasteiger partial charge in [-0.2, -0.15) is 0 Å². The fraction of sp³-hybridized carbons (Fsp3) is 0.522. The van der Waals surface area contributed by atoms with Crippen LogP contribution in [0.4, 0.5) is 5.69 Å². The molecule has 0 saturated carbocycles. The van der Waals surface area contributed by atoms with Gasteiger partial charge in [0.1, 0.15) is 0 Å². The maximum Gasteiger partial charge on any atom is 0.224 e. The highest BCUT2D eigenvalue weighted by Crippen LogP contribution is 2.27. The van der Waals surface area contributed by atoms with Crippen molar-refractivity contribution in [1.29, 1.82) is 0 Å². The molecule has 150 valence electrons. The number of pyridine rings is 2. The molecule has 0 bridgehead atoms. The summed E-state index contributed by atoms with van der Waals surface area (Å²) in [5, 5.41) is 6.16. The fourth-order valence-corrected chi connectivity index (χ4v) is 3.28. The lowest BCUT2D eigenvalue weighted by Gasteiger charge is -2.22. The van der Waals surface area contributed by atoms with Crippen LogP contribution in [-0.2, 0) is 35.1 Å². The Morgan fingerprint density at radius 2 is 1.36 bits per heavy atom. The maximum atomic E-state index is 11.2.